The average Bonchev–Trinajstić information content (AvgIpc) is 2.80. The Morgan fingerprint density at radius 3 is 2.31 bits per heavy atom. The van der Waals surface area contributed by atoms with Crippen molar-refractivity contribution < 1.29 is 23.7 Å². The number of carbonyl (C=O) groups is 1. The van der Waals surface area contributed by atoms with E-state index in [9.17, 15) is 4.79 Å². The number of hydrogen-bond donors (Lipinski definition) is 3. The van der Waals surface area contributed by atoms with Crippen LogP contribution >= 0.6 is 21.6 Å². The summed E-state index contributed by atoms with van der Waals surface area (Å²) < 4.78 is 21.9. The van der Waals surface area contributed by atoms with Crippen LogP contribution in [0.25, 0.3) is 0 Å². The first-order valence-corrected chi connectivity index (χ1v) is 15.4. The quantitative estimate of drug-likeness (QED) is 0.0747. The molecule has 212 valence electrons. The van der Waals surface area contributed by atoms with Gasteiger partial charge >= 0.3 is 6.09 Å². The second-order valence-corrected chi connectivity index (χ2v) is 12.4. The fraction of sp³-hybridized carbons (Fsp3) is 0.885. The molecule has 0 radical (unpaired) electrons. The van der Waals surface area contributed by atoms with E-state index in [4.69, 9.17) is 18.9 Å². The van der Waals surface area contributed by atoms with Crippen molar-refractivity contribution in [3.05, 3.63) is 0 Å². The SMILES string of the molecule is CC(C)C#CCNCCCCOCSSC(C)(C)CCOC(=O)NCCOCCOCCNC(C)C. The lowest BCUT2D eigenvalue weighted by Crippen LogP contribution is -2.30. The molecule has 0 spiro atoms. The molecule has 0 aromatic carbocycles. The largest absolute Gasteiger partial charge is 0.450 e. The summed E-state index contributed by atoms with van der Waals surface area (Å²) in [5.41, 5.74) is 0. The van der Waals surface area contributed by atoms with Crippen LogP contribution in [0.2, 0.25) is 0 Å². The lowest BCUT2D eigenvalue weighted by molar-refractivity contribution is 0.0489. The average molecular weight is 550 g/mol. The second-order valence-electron chi connectivity index (χ2n) is 9.49. The van der Waals surface area contributed by atoms with Gasteiger partial charge in [0.05, 0.1) is 39.6 Å². The Labute approximate surface area is 228 Å². The minimum absolute atomic E-state index is 0.0109. The molecule has 0 saturated heterocycles. The molecule has 0 aromatic rings. The molecule has 0 aliphatic carbocycles. The molecule has 0 aliphatic heterocycles. The molecule has 10 heteroatoms. The predicted molar refractivity (Wildman–Crippen MR) is 154 cm³/mol. The minimum atomic E-state index is -0.409. The van der Waals surface area contributed by atoms with Crippen molar-refractivity contribution in [2.24, 2.45) is 5.92 Å². The lowest BCUT2D eigenvalue weighted by atomic mass is 10.1. The lowest BCUT2D eigenvalue weighted by Gasteiger charge is -2.22. The fourth-order valence-corrected chi connectivity index (χ4v) is 4.86. The zero-order chi connectivity index (χ0) is 26.9. The number of rotatable bonds is 23. The van der Waals surface area contributed by atoms with E-state index >= 15 is 0 Å². The number of carbonyl (C=O) groups excluding carboxylic acids is 1. The molecular formula is C26H51N3O5S2. The number of hydrogen-bond acceptors (Lipinski definition) is 9. The van der Waals surface area contributed by atoms with Crippen LogP contribution in [0.3, 0.4) is 0 Å². The van der Waals surface area contributed by atoms with Crippen LogP contribution < -0.4 is 16.0 Å². The van der Waals surface area contributed by atoms with E-state index in [0.717, 1.165) is 45.5 Å². The van der Waals surface area contributed by atoms with Crippen molar-refractivity contribution in [3.63, 3.8) is 0 Å². The minimum Gasteiger partial charge on any atom is -0.450 e. The third-order valence-electron chi connectivity index (χ3n) is 4.54. The first kappa shape index (κ1) is 35.3. The van der Waals surface area contributed by atoms with Crippen LogP contribution in [0.1, 0.15) is 60.8 Å². The number of ether oxygens (including phenoxy) is 4. The van der Waals surface area contributed by atoms with Gasteiger partial charge in [0, 0.05) is 36.4 Å². The topological polar surface area (TPSA) is 90.1 Å². The molecule has 8 nitrogen and oxygen atoms in total. The Morgan fingerprint density at radius 2 is 1.61 bits per heavy atom. The van der Waals surface area contributed by atoms with Gasteiger partial charge in [-0.05, 0) is 39.7 Å². The molecular weight excluding hydrogens is 498 g/mol. The zero-order valence-electron chi connectivity index (χ0n) is 23.4. The maximum Gasteiger partial charge on any atom is 0.407 e. The molecule has 0 aromatic heterocycles. The van der Waals surface area contributed by atoms with E-state index in [0.29, 0.717) is 57.5 Å². The second kappa shape index (κ2) is 24.7. The smallest absolute Gasteiger partial charge is 0.407 e. The van der Waals surface area contributed by atoms with Crippen molar-refractivity contribution in [3.8, 4) is 11.8 Å². The van der Waals surface area contributed by atoms with Gasteiger partial charge in [0.25, 0.3) is 0 Å². The number of unbranched alkanes of at least 4 members (excludes halogenated alkanes) is 1. The summed E-state index contributed by atoms with van der Waals surface area (Å²) >= 11 is 0. The molecule has 0 aliphatic rings. The van der Waals surface area contributed by atoms with E-state index in [-0.39, 0.29) is 4.75 Å². The van der Waals surface area contributed by atoms with Crippen LogP contribution in [0.5, 0.6) is 0 Å². The summed E-state index contributed by atoms with van der Waals surface area (Å²) in [4.78, 5) is 11.8. The van der Waals surface area contributed by atoms with Gasteiger partial charge < -0.3 is 34.9 Å². The Bertz CT molecular complexity index is 584. The standard InChI is InChI=1S/C26H51N3O5S2/c1-23(2)10-9-13-27-12-7-8-16-33-22-35-36-26(5,6)11-17-34-25(30)29-15-19-32-21-20-31-18-14-28-24(3)4/h23-24,27-28H,7-8,11-22H2,1-6H3,(H,29,30). The van der Waals surface area contributed by atoms with Crippen molar-refractivity contribution >= 4 is 27.7 Å². The van der Waals surface area contributed by atoms with Crippen LogP contribution in [0.4, 0.5) is 4.79 Å². The van der Waals surface area contributed by atoms with Crippen LogP contribution in [0.15, 0.2) is 0 Å². The molecule has 0 fully saturated rings. The highest BCUT2D eigenvalue weighted by Crippen LogP contribution is 2.37. The van der Waals surface area contributed by atoms with Crippen molar-refractivity contribution in [2.75, 3.05) is 71.8 Å². The Kier molecular flexibility index (Phi) is 24.2. The highest BCUT2D eigenvalue weighted by atomic mass is 33.1. The first-order valence-electron chi connectivity index (χ1n) is 13.1. The summed E-state index contributed by atoms with van der Waals surface area (Å²) in [6.07, 6.45) is 2.48. The van der Waals surface area contributed by atoms with Gasteiger partial charge in [0.2, 0.25) is 0 Å². The third-order valence-corrected chi connectivity index (χ3v) is 7.57. The first-order chi connectivity index (χ1) is 17.2. The molecule has 0 unspecified atom stereocenters. The summed E-state index contributed by atoms with van der Waals surface area (Å²) in [6.45, 7) is 19.0. The Balaban J connectivity index is 3.48. The van der Waals surface area contributed by atoms with Gasteiger partial charge in [-0.1, -0.05) is 61.1 Å². The summed E-state index contributed by atoms with van der Waals surface area (Å²) in [7, 11) is 3.46. The molecule has 0 rings (SSSR count). The van der Waals surface area contributed by atoms with Gasteiger partial charge in [-0.3, -0.25) is 0 Å². The van der Waals surface area contributed by atoms with Crippen LogP contribution in [-0.4, -0.2) is 88.6 Å². The summed E-state index contributed by atoms with van der Waals surface area (Å²) in [6, 6.07) is 0.466. The molecule has 0 bridgehead atoms. The van der Waals surface area contributed by atoms with Crippen LogP contribution in [0, 0.1) is 17.8 Å². The molecule has 3 N–H and O–H groups in total. The Hall–Kier alpha value is -0.670. The maximum absolute atomic E-state index is 11.8. The van der Waals surface area contributed by atoms with Crippen molar-refractivity contribution in [1.29, 1.82) is 0 Å². The highest BCUT2D eigenvalue weighted by molar-refractivity contribution is 8.77. The number of alkyl carbamates (subject to hydrolysis) is 1. The fourth-order valence-electron chi connectivity index (χ4n) is 2.59. The molecule has 0 atom stereocenters. The highest BCUT2D eigenvalue weighted by Gasteiger charge is 2.19. The number of amides is 1. The molecule has 0 heterocycles. The van der Waals surface area contributed by atoms with E-state index in [2.05, 4.69) is 69.3 Å². The summed E-state index contributed by atoms with van der Waals surface area (Å²) in [5.74, 6) is 7.35. The summed E-state index contributed by atoms with van der Waals surface area (Å²) in [5, 5.41) is 9.32. The predicted octanol–water partition coefficient (Wildman–Crippen LogP) is 4.30. The van der Waals surface area contributed by atoms with Gasteiger partial charge in [0.15, 0.2) is 0 Å². The van der Waals surface area contributed by atoms with Crippen LogP contribution in [-0.2, 0) is 18.9 Å². The van der Waals surface area contributed by atoms with Gasteiger partial charge in [0.1, 0.15) is 5.94 Å². The van der Waals surface area contributed by atoms with E-state index in [1.807, 2.05) is 0 Å². The van der Waals surface area contributed by atoms with E-state index in [1.165, 1.54) is 0 Å². The van der Waals surface area contributed by atoms with Gasteiger partial charge in [-0.15, -0.1) is 0 Å². The van der Waals surface area contributed by atoms with Crippen molar-refractivity contribution in [2.45, 2.75) is 71.6 Å². The molecule has 36 heavy (non-hydrogen) atoms. The number of nitrogens with one attached hydrogen (secondary N) is 3. The monoisotopic (exact) mass is 549 g/mol. The van der Waals surface area contributed by atoms with Gasteiger partial charge in [-0.25, -0.2) is 4.79 Å². The van der Waals surface area contributed by atoms with E-state index in [1.54, 1.807) is 21.6 Å². The molecule has 1 amide bonds. The maximum atomic E-state index is 11.8. The van der Waals surface area contributed by atoms with Gasteiger partial charge in [-0.2, -0.15) is 0 Å². The zero-order valence-corrected chi connectivity index (χ0v) is 25.0. The van der Waals surface area contributed by atoms with Crippen molar-refractivity contribution in [1.82, 2.24) is 16.0 Å². The molecule has 0 saturated carbocycles. The normalized spacial score (nSPS) is 11.6. The Morgan fingerprint density at radius 1 is 0.889 bits per heavy atom. The van der Waals surface area contributed by atoms with E-state index < -0.39 is 6.09 Å². The third kappa shape index (κ3) is 27.9.